The number of nitrogens with two attached hydrogens (primary N) is 1. The van der Waals surface area contributed by atoms with Crippen molar-refractivity contribution in [3.63, 3.8) is 0 Å². The molecule has 0 amide bonds. The van der Waals surface area contributed by atoms with Gasteiger partial charge in [-0.2, -0.15) is 0 Å². The molecule has 2 heterocycles. The normalized spacial score (nSPS) is 16.1. The maximum atomic E-state index is 7.40. The van der Waals surface area contributed by atoms with Crippen molar-refractivity contribution < 1.29 is 0 Å². The van der Waals surface area contributed by atoms with Crippen LogP contribution in [0.1, 0.15) is 24.1 Å². The van der Waals surface area contributed by atoms with Crippen LogP contribution >= 0.6 is 0 Å². The highest BCUT2D eigenvalue weighted by atomic mass is 15.2. The zero-order valence-electron chi connectivity index (χ0n) is 11.6. The van der Waals surface area contributed by atoms with Crippen LogP contribution in [0.5, 0.6) is 0 Å². The number of pyridine rings is 1. The van der Waals surface area contributed by atoms with E-state index in [0.29, 0.717) is 5.69 Å². The van der Waals surface area contributed by atoms with Crippen LogP contribution in [0.2, 0.25) is 0 Å². The Hall–Kier alpha value is -1.46. The Morgan fingerprint density at radius 1 is 1.47 bits per heavy atom. The number of nitrogens with one attached hydrogen (secondary N) is 1. The van der Waals surface area contributed by atoms with Gasteiger partial charge in [0.15, 0.2) is 0 Å². The van der Waals surface area contributed by atoms with Crippen molar-refractivity contribution in [2.24, 2.45) is 5.73 Å². The Bertz CT molecular complexity index is 426. The first-order chi connectivity index (χ1) is 9.15. The lowest BCUT2D eigenvalue weighted by molar-refractivity contribution is 0.252. The molecule has 1 aliphatic rings. The molecule has 0 saturated carbocycles. The van der Waals surface area contributed by atoms with Crippen molar-refractivity contribution >= 4 is 5.84 Å². The molecular formula is C14H23N5. The molecule has 0 unspecified atom stereocenters. The molecule has 0 bridgehead atoms. The minimum absolute atomic E-state index is 0.0292. The highest BCUT2D eigenvalue weighted by Crippen LogP contribution is 2.08. The molecule has 0 aliphatic carbocycles. The van der Waals surface area contributed by atoms with Crippen LogP contribution in [0.4, 0.5) is 0 Å². The van der Waals surface area contributed by atoms with Crippen LogP contribution in [0, 0.1) is 5.41 Å². The molecule has 1 aliphatic heterocycles. The van der Waals surface area contributed by atoms with Gasteiger partial charge >= 0.3 is 0 Å². The van der Waals surface area contributed by atoms with Gasteiger partial charge in [-0.05, 0) is 50.7 Å². The number of likely N-dealkylation sites (tertiary alicyclic amines) is 1. The molecule has 1 aromatic heterocycles. The third kappa shape index (κ3) is 4.29. The predicted molar refractivity (Wildman–Crippen MR) is 77.3 cm³/mol. The van der Waals surface area contributed by atoms with E-state index in [9.17, 15) is 0 Å². The van der Waals surface area contributed by atoms with E-state index in [1.54, 1.807) is 6.20 Å². The van der Waals surface area contributed by atoms with E-state index >= 15 is 0 Å². The van der Waals surface area contributed by atoms with Crippen LogP contribution in [0.25, 0.3) is 0 Å². The number of rotatable bonds is 6. The van der Waals surface area contributed by atoms with E-state index in [1.807, 2.05) is 12.1 Å². The first-order valence-corrected chi connectivity index (χ1v) is 6.85. The van der Waals surface area contributed by atoms with Crippen LogP contribution in [-0.4, -0.2) is 53.8 Å². The molecule has 0 radical (unpaired) electrons. The zero-order chi connectivity index (χ0) is 13.7. The lowest BCUT2D eigenvalue weighted by Gasteiger charge is -2.21. The van der Waals surface area contributed by atoms with Gasteiger partial charge < -0.3 is 15.5 Å². The number of nitrogen functional groups attached to an aromatic ring is 1. The fraction of sp³-hybridized carbons (Fsp3) is 0.571. The monoisotopic (exact) mass is 261 g/mol. The van der Waals surface area contributed by atoms with E-state index < -0.39 is 0 Å². The number of hydrogen-bond acceptors (Lipinski definition) is 4. The Kier molecular flexibility index (Phi) is 4.87. The summed E-state index contributed by atoms with van der Waals surface area (Å²) in [6.07, 6.45) is 4.41. The summed E-state index contributed by atoms with van der Waals surface area (Å²) in [6, 6.07) is 3.88. The second-order valence-corrected chi connectivity index (χ2v) is 5.25. The molecule has 0 atom stereocenters. The number of likely N-dealkylation sites (N-methyl/N-ethyl adjacent to an activating group) is 1. The summed E-state index contributed by atoms with van der Waals surface area (Å²) in [6.45, 7) is 5.57. The second kappa shape index (κ2) is 6.63. The molecule has 5 nitrogen and oxygen atoms in total. The number of amidine groups is 1. The summed E-state index contributed by atoms with van der Waals surface area (Å²) >= 11 is 0. The smallest absolute Gasteiger partial charge is 0.141 e. The van der Waals surface area contributed by atoms with Crippen molar-refractivity contribution in [3.8, 4) is 0 Å². The zero-order valence-corrected chi connectivity index (χ0v) is 11.6. The highest BCUT2D eigenvalue weighted by molar-refractivity contribution is 5.93. The van der Waals surface area contributed by atoms with Gasteiger partial charge in [-0.3, -0.25) is 10.4 Å². The highest BCUT2D eigenvalue weighted by Gasteiger charge is 2.12. The average molecular weight is 261 g/mol. The Morgan fingerprint density at radius 2 is 2.21 bits per heavy atom. The van der Waals surface area contributed by atoms with E-state index in [0.717, 1.165) is 25.2 Å². The van der Waals surface area contributed by atoms with Crippen molar-refractivity contribution in [1.29, 1.82) is 5.41 Å². The molecule has 0 aromatic carbocycles. The maximum Gasteiger partial charge on any atom is 0.141 e. The minimum atomic E-state index is 0.0292. The average Bonchev–Trinajstić information content (AvgIpc) is 2.90. The topological polar surface area (TPSA) is 69.2 Å². The van der Waals surface area contributed by atoms with Crippen molar-refractivity contribution in [2.45, 2.75) is 19.4 Å². The molecule has 0 spiro atoms. The van der Waals surface area contributed by atoms with Crippen LogP contribution in [0.3, 0.4) is 0 Å². The van der Waals surface area contributed by atoms with E-state index in [1.165, 1.54) is 25.9 Å². The fourth-order valence-corrected chi connectivity index (χ4v) is 2.43. The minimum Gasteiger partial charge on any atom is -0.382 e. The number of aromatic nitrogens is 1. The third-order valence-electron chi connectivity index (χ3n) is 3.55. The first-order valence-electron chi connectivity index (χ1n) is 6.85. The van der Waals surface area contributed by atoms with Crippen LogP contribution < -0.4 is 5.73 Å². The summed E-state index contributed by atoms with van der Waals surface area (Å²) in [7, 11) is 2.13. The molecule has 1 fully saturated rings. The molecule has 3 N–H and O–H groups in total. The van der Waals surface area contributed by atoms with E-state index in [-0.39, 0.29) is 5.84 Å². The molecule has 1 aromatic rings. The van der Waals surface area contributed by atoms with Gasteiger partial charge in [0.25, 0.3) is 0 Å². The Morgan fingerprint density at radius 3 is 2.89 bits per heavy atom. The largest absolute Gasteiger partial charge is 0.382 e. The van der Waals surface area contributed by atoms with Crippen molar-refractivity contribution in [3.05, 3.63) is 29.6 Å². The van der Waals surface area contributed by atoms with Gasteiger partial charge in [0, 0.05) is 25.8 Å². The van der Waals surface area contributed by atoms with Gasteiger partial charge in [-0.25, -0.2) is 0 Å². The van der Waals surface area contributed by atoms with Crippen LogP contribution in [0.15, 0.2) is 18.3 Å². The van der Waals surface area contributed by atoms with Crippen molar-refractivity contribution in [2.75, 3.05) is 33.2 Å². The molecule has 19 heavy (non-hydrogen) atoms. The number of hydrogen-bond donors (Lipinski definition) is 2. The second-order valence-electron chi connectivity index (χ2n) is 5.25. The fourth-order valence-electron chi connectivity index (χ4n) is 2.43. The first kappa shape index (κ1) is 14.0. The van der Waals surface area contributed by atoms with Gasteiger partial charge in [-0.1, -0.05) is 0 Å². The lowest BCUT2D eigenvalue weighted by atomic mass is 10.2. The summed E-state index contributed by atoms with van der Waals surface area (Å²) in [5, 5.41) is 7.40. The summed E-state index contributed by atoms with van der Waals surface area (Å²) in [5.41, 5.74) is 7.17. The molecule has 1 saturated heterocycles. The SMILES string of the molecule is CN(CCN1CCCC1)Cc1ccnc(C(=N)N)c1. The van der Waals surface area contributed by atoms with Gasteiger partial charge in [-0.15, -0.1) is 0 Å². The summed E-state index contributed by atoms with van der Waals surface area (Å²) in [4.78, 5) is 8.90. The van der Waals surface area contributed by atoms with Gasteiger partial charge in [0.05, 0.1) is 0 Å². The van der Waals surface area contributed by atoms with Gasteiger partial charge in [0.2, 0.25) is 0 Å². The molecule has 2 rings (SSSR count). The molecular weight excluding hydrogens is 238 g/mol. The quantitative estimate of drug-likeness (QED) is 0.589. The third-order valence-corrected chi connectivity index (χ3v) is 3.55. The molecule has 104 valence electrons. The maximum absolute atomic E-state index is 7.40. The van der Waals surface area contributed by atoms with E-state index in [4.69, 9.17) is 11.1 Å². The Labute approximate surface area is 114 Å². The summed E-state index contributed by atoms with van der Waals surface area (Å²) in [5.74, 6) is 0.0292. The standard InChI is InChI=1S/C14H23N5/c1-18(8-9-19-6-2-3-7-19)11-12-4-5-17-13(10-12)14(15)16/h4-5,10H,2-3,6-9,11H2,1H3,(H3,15,16). The van der Waals surface area contributed by atoms with Gasteiger partial charge in [0.1, 0.15) is 11.5 Å². The predicted octanol–water partition coefficient (Wildman–Crippen LogP) is 0.893. The van der Waals surface area contributed by atoms with Crippen molar-refractivity contribution in [1.82, 2.24) is 14.8 Å². The van der Waals surface area contributed by atoms with Crippen LogP contribution in [-0.2, 0) is 6.54 Å². The number of nitrogens with zero attached hydrogens (tertiary/aromatic N) is 3. The molecule has 5 heteroatoms. The van der Waals surface area contributed by atoms with E-state index in [2.05, 4.69) is 21.8 Å². The summed E-state index contributed by atoms with van der Waals surface area (Å²) < 4.78 is 0. The Balaban J connectivity index is 1.82. The lowest BCUT2D eigenvalue weighted by Crippen LogP contribution is -2.31.